The van der Waals surface area contributed by atoms with Crippen molar-refractivity contribution in [3.63, 3.8) is 0 Å². The lowest BCUT2D eigenvalue weighted by Gasteiger charge is -2.31. The predicted molar refractivity (Wildman–Crippen MR) is 105 cm³/mol. The molecule has 134 valence electrons. The van der Waals surface area contributed by atoms with E-state index in [4.69, 9.17) is 9.72 Å². The van der Waals surface area contributed by atoms with E-state index >= 15 is 0 Å². The van der Waals surface area contributed by atoms with E-state index in [2.05, 4.69) is 35.0 Å². The van der Waals surface area contributed by atoms with Gasteiger partial charge in [0.2, 0.25) is 0 Å². The quantitative estimate of drug-likeness (QED) is 0.704. The van der Waals surface area contributed by atoms with Crippen LogP contribution in [0.4, 0.5) is 0 Å². The van der Waals surface area contributed by atoms with Crippen molar-refractivity contribution in [3.05, 3.63) is 65.7 Å². The summed E-state index contributed by atoms with van der Waals surface area (Å²) in [6.07, 6.45) is 8.12. The molecule has 0 bridgehead atoms. The van der Waals surface area contributed by atoms with Gasteiger partial charge in [-0.3, -0.25) is 14.9 Å². The highest BCUT2D eigenvalue weighted by molar-refractivity contribution is 5.87. The Bertz CT molecular complexity index is 887. The van der Waals surface area contributed by atoms with Crippen LogP contribution in [-0.4, -0.2) is 35.1 Å². The fraction of sp³-hybridized carbons (Fsp3) is 0.364. The molecule has 4 heteroatoms. The number of rotatable bonds is 4. The second-order valence-electron chi connectivity index (χ2n) is 7.13. The number of hydrogen-bond donors (Lipinski definition) is 0. The van der Waals surface area contributed by atoms with E-state index in [0.29, 0.717) is 5.92 Å². The van der Waals surface area contributed by atoms with Gasteiger partial charge < -0.3 is 4.74 Å². The van der Waals surface area contributed by atoms with Gasteiger partial charge in [0.15, 0.2) is 0 Å². The van der Waals surface area contributed by atoms with Crippen LogP contribution in [0.5, 0.6) is 5.75 Å². The number of ether oxygens (including phenoxy) is 1. The maximum absolute atomic E-state index is 5.48. The summed E-state index contributed by atoms with van der Waals surface area (Å²) in [4.78, 5) is 11.5. The molecule has 1 aromatic carbocycles. The van der Waals surface area contributed by atoms with Gasteiger partial charge in [0.1, 0.15) is 5.75 Å². The molecule has 0 saturated carbocycles. The van der Waals surface area contributed by atoms with E-state index in [1.54, 1.807) is 7.11 Å². The maximum Gasteiger partial charge on any atom is 0.122 e. The zero-order valence-electron chi connectivity index (χ0n) is 15.5. The number of pyridine rings is 2. The van der Waals surface area contributed by atoms with Gasteiger partial charge in [0, 0.05) is 42.1 Å². The summed E-state index contributed by atoms with van der Waals surface area (Å²) in [7, 11) is 1.73. The molecule has 3 heterocycles. The fourth-order valence-electron chi connectivity index (χ4n) is 3.94. The summed E-state index contributed by atoms with van der Waals surface area (Å²) in [5.41, 5.74) is 3.70. The molecule has 0 atom stereocenters. The van der Waals surface area contributed by atoms with Crippen LogP contribution in [0.25, 0.3) is 10.8 Å². The number of nitrogens with zero attached hydrogens (tertiary/aromatic N) is 3. The smallest absolute Gasteiger partial charge is 0.122 e. The van der Waals surface area contributed by atoms with E-state index in [-0.39, 0.29) is 0 Å². The van der Waals surface area contributed by atoms with E-state index in [1.807, 2.05) is 30.7 Å². The number of aromatic nitrogens is 2. The third-order valence-corrected chi connectivity index (χ3v) is 5.50. The van der Waals surface area contributed by atoms with E-state index in [9.17, 15) is 0 Å². The lowest BCUT2D eigenvalue weighted by molar-refractivity contribution is 0.203. The molecule has 0 radical (unpaired) electrons. The monoisotopic (exact) mass is 347 g/mol. The average Bonchev–Trinajstić information content (AvgIpc) is 2.70. The van der Waals surface area contributed by atoms with Crippen LogP contribution in [0.2, 0.25) is 0 Å². The highest BCUT2D eigenvalue weighted by Gasteiger charge is 2.22. The first-order valence-corrected chi connectivity index (χ1v) is 9.29. The van der Waals surface area contributed by atoms with Crippen molar-refractivity contribution in [1.29, 1.82) is 0 Å². The lowest BCUT2D eigenvalue weighted by Crippen LogP contribution is -2.32. The number of fused-ring (bicyclic) bond motifs is 1. The SMILES string of the molecule is COc1ccc2cnc(C3CCN(Cc4cccnc4)CC3)cc2c1C. The number of likely N-dealkylation sites (tertiary alicyclic amines) is 1. The van der Waals surface area contributed by atoms with Gasteiger partial charge in [0.25, 0.3) is 0 Å². The van der Waals surface area contributed by atoms with Crippen molar-refractivity contribution < 1.29 is 4.74 Å². The maximum atomic E-state index is 5.48. The molecule has 1 saturated heterocycles. The first kappa shape index (κ1) is 17.0. The van der Waals surface area contributed by atoms with Gasteiger partial charge in [-0.15, -0.1) is 0 Å². The summed E-state index contributed by atoms with van der Waals surface area (Å²) in [6.45, 7) is 5.33. The van der Waals surface area contributed by atoms with Gasteiger partial charge in [0.05, 0.1) is 7.11 Å². The third kappa shape index (κ3) is 3.42. The molecule has 0 spiro atoms. The molecule has 1 aliphatic rings. The van der Waals surface area contributed by atoms with Crippen LogP contribution in [0, 0.1) is 6.92 Å². The Balaban J connectivity index is 1.48. The van der Waals surface area contributed by atoms with E-state index in [1.165, 1.54) is 27.6 Å². The largest absolute Gasteiger partial charge is 0.496 e. The van der Waals surface area contributed by atoms with Crippen molar-refractivity contribution in [1.82, 2.24) is 14.9 Å². The van der Waals surface area contributed by atoms with E-state index < -0.39 is 0 Å². The standard InChI is InChI=1S/C22H25N3O/c1-16-20-12-21(24-14-19(20)5-6-22(16)26-2)18-7-10-25(11-8-18)15-17-4-3-9-23-13-17/h3-6,9,12-14,18H,7-8,10-11,15H2,1-2H3. The van der Waals surface area contributed by atoms with Crippen molar-refractivity contribution in [3.8, 4) is 5.75 Å². The minimum Gasteiger partial charge on any atom is -0.496 e. The van der Waals surface area contributed by atoms with Gasteiger partial charge in [-0.1, -0.05) is 6.07 Å². The third-order valence-electron chi connectivity index (χ3n) is 5.50. The first-order valence-electron chi connectivity index (χ1n) is 9.29. The van der Waals surface area contributed by atoms with Crippen LogP contribution in [0.15, 0.2) is 48.9 Å². The van der Waals surface area contributed by atoms with Crippen LogP contribution in [-0.2, 0) is 6.54 Å². The molecule has 4 nitrogen and oxygen atoms in total. The molecule has 0 N–H and O–H groups in total. The minimum absolute atomic E-state index is 0.537. The number of benzene rings is 1. The fourth-order valence-corrected chi connectivity index (χ4v) is 3.94. The van der Waals surface area contributed by atoms with Crippen molar-refractivity contribution in [2.75, 3.05) is 20.2 Å². The Labute approximate surface area is 154 Å². The molecule has 0 aliphatic carbocycles. The molecule has 4 rings (SSSR count). The number of hydrogen-bond acceptors (Lipinski definition) is 4. The lowest BCUT2D eigenvalue weighted by atomic mass is 9.91. The number of piperidine rings is 1. The summed E-state index contributed by atoms with van der Waals surface area (Å²) in [5.74, 6) is 1.48. The topological polar surface area (TPSA) is 38.2 Å². The Morgan fingerprint density at radius 1 is 1.15 bits per heavy atom. The molecule has 1 aliphatic heterocycles. The minimum atomic E-state index is 0.537. The van der Waals surface area contributed by atoms with Gasteiger partial charge >= 0.3 is 0 Å². The normalized spacial score (nSPS) is 16.1. The summed E-state index contributed by atoms with van der Waals surface area (Å²) in [6, 6.07) is 10.6. The first-order chi connectivity index (χ1) is 12.7. The Kier molecular flexibility index (Phi) is 4.85. The molecule has 0 unspecified atom stereocenters. The zero-order valence-corrected chi connectivity index (χ0v) is 15.5. The molecular weight excluding hydrogens is 322 g/mol. The average molecular weight is 347 g/mol. The van der Waals surface area contributed by atoms with Crippen molar-refractivity contribution in [2.24, 2.45) is 0 Å². The highest BCUT2D eigenvalue weighted by Crippen LogP contribution is 2.32. The van der Waals surface area contributed by atoms with Crippen molar-refractivity contribution >= 4 is 10.8 Å². The molecule has 2 aromatic heterocycles. The highest BCUT2D eigenvalue weighted by atomic mass is 16.5. The second-order valence-corrected chi connectivity index (χ2v) is 7.13. The molecule has 1 fully saturated rings. The van der Waals surface area contributed by atoms with Crippen LogP contribution >= 0.6 is 0 Å². The number of aryl methyl sites for hydroxylation is 1. The molecule has 3 aromatic rings. The number of methoxy groups -OCH3 is 1. The molecule has 0 amide bonds. The summed E-state index contributed by atoms with van der Waals surface area (Å²) < 4.78 is 5.48. The molecule has 26 heavy (non-hydrogen) atoms. The molecular formula is C22H25N3O. The van der Waals surface area contributed by atoms with Crippen LogP contribution in [0.1, 0.15) is 35.6 Å². The van der Waals surface area contributed by atoms with Gasteiger partial charge in [-0.05, 0) is 73.6 Å². The Hall–Kier alpha value is -2.46. The predicted octanol–water partition coefficient (Wildman–Crippen LogP) is 4.33. The Morgan fingerprint density at radius 3 is 2.73 bits per heavy atom. The van der Waals surface area contributed by atoms with E-state index in [0.717, 1.165) is 38.2 Å². The van der Waals surface area contributed by atoms with Crippen LogP contribution < -0.4 is 4.74 Å². The summed E-state index contributed by atoms with van der Waals surface area (Å²) >= 11 is 0. The van der Waals surface area contributed by atoms with Gasteiger partial charge in [-0.25, -0.2) is 0 Å². The van der Waals surface area contributed by atoms with Crippen molar-refractivity contribution in [2.45, 2.75) is 32.2 Å². The summed E-state index contributed by atoms with van der Waals surface area (Å²) in [5, 5.41) is 2.44. The van der Waals surface area contributed by atoms with Crippen LogP contribution in [0.3, 0.4) is 0 Å². The zero-order chi connectivity index (χ0) is 17.9. The Morgan fingerprint density at radius 2 is 2.00 bits per heavy atom. The van der Waals surface area contributed by atoms with Gasteiger partial charge in [-0.2, -0.15) is 0 Å². The second kappa shape index (κ2) is 7.42.